The van der Waals surface area contributed by atoms with Crippen molar-refractivity contribution in [3.8, 4) is 0 Å². The monoisotopic (exact) mass is 414 g/mol. The van der Waals surface area contributed by atoms with Gasteiger partial charge in [0.05, 0.1) is 5.52 Å². The van der Waals surface area contributed by atoms with Crippen LogP contribution in [0.2, 0.25) is 10.0 Å². The number of carboxylic acids is 1. The second-order valence-corrected chi connectivity index (χ2v) is 7.92. The first-order valence-corrected chi connectivity index (χ1v) is 10.1. The number of fused-ring (bicyclic) bond motifs is 1. The fraction of sp³-hybridized carbons (Fsp3) is 0.273. The normalized spacial score (nSPS) is 14.4. The third kappa shape index (κ3) is 3.67. The quantitative estimate of drug-likeness (QED) is 0.583. The molecule has 0 aliphatic carbocycles. The molecule has 3 aromatic rings. The zero-order chi connectivity index (χ0) is 19.7. The number of benzene rings is 2. The highest BCUT2D eigenvalue weighted by molar-refractivity contribution is 6.32. The first-order valence-electron chi connectivity index (χ1n) is 9.38. The smallest absolute Gasteiger partial charge is 0.339 e. The van der Waals surface area contributed by atoms with Crippen molar-refractivity contribution >= 4 is 45.9 Å². The zero-order valence-corrected chi connectivity index (χ0v) is 16.8. The van der Waals surface area contributed by atoms with E-state index in [4.69, 9.17) is 28.2 Å². The van der Waals surface area contributed by atoms with E-state index in [2.05, 4.69) is 4.90 Å². The number of carbonyl (C=O) groups is 1. The van der Waals surface area contributed by atoms with Crippen molar-refractivity contribution in [2.24, 2.45) is 0 Å². The number of aromatic nitrogens is 1. The predicted molar refractivity (Wildman–Crippen MR) is 114 cm³/mol. The van der Waals surface area contributed by atoms with Crippen molar-refractivity contribution in [1.29, 1.82) is 0 Å². The van der Waals surface area contributed by atoms with Crippen molar-refractivity contribution < 1.29 is 9.90 Å². The van der Waals surface area contributed by atoms with Gasteiger partial charge in [-0.05, 0) is 54.7 Å². The van der Waals surface area contributed by atoms with Gasteiger partial charge in [0.15, 0.2) is 0 Å². The molecule has 0 atom stereocenters. The van der Waals surface area contributed by atoms with Gasteiger partial charge in [-0.2, -0.15) is 0 Å². The Balaban J connectivity index is 1.97. The van der Waals surface area contributed by atoms with Gasteiger partial charge in [0.1, 0.15) is 11.4 Å². The number of hydrogen-bond donors (Lipinski definition) is 1. The fourth-order valence-corrected chi connectivity index (χ4v) is 4.24. The largest absolute Gasteiger partial charge is 0.478 e. The topological polar surface area (TPSA) is 53.4 Å². The first kappa shape index (κ1) is 19.0. The van der Waals surface area contributed by atoms with Gasteiger partial charge >= 0.3 is 5.97 Å². The predicted octanol–water partition coefficient (Wildman–Crippen LogP) is 5.82. The molecule has 1 aliphatic rings. The lowest BCUT2D eigenvalue weighted by Gasteiger charge is -2.30. The molecule has 0 bridgehead atoms. The minimum atomic E-state index is -0.975. The molecular formula is C22H20Cl2N2O2. The SMILES string of the molecule is O=C(O)c1c(N2CCCCC2)nc2ccc(Cl)cc2c1Cc1ccccc1Cl. The Kier molecular flexibility index (Phi) is 5.42. The van der Waals surface area contributed by atoms with Crippen molar-refractivity contribution in [2.75, 3.05) is 18.0 Å². The Morgan fingerprint density at radius 2 is 1.82 bits per heavy atom. The molecule has 1 aliphatic heterocycles. The van der Waals surface area contributed by atoms with Crippen LogP contribution in [0.1, 0.15) is 40.7 Å². The van der Waals surface area contributed by atoms with Gasteiger partial charge in [0.2, 0.25) is 0 Å². The van der Waals surface area contributed by atoms with Crippen LogP contribution >= 0.6 is 23.2 Å². The molecule has 1 saturated heterocycles. The van der Waals surface area contributed by atoms with Crippen LogP contribution in [0.4, 0.5) is 5.82 Å². The molecule has 4 nitrogen and oxygen atoms in total. The van der Waals surface area contributed by atoms with Gasteiger partial charge < -0.3 is 10.0 Å². The van der Waals surface area contributed by atoms with Gasteiger partial charge in [-0.15, -0.1) is 0 Å². The van der Waals surface area contributed by atoms with E-state index in [0.717, 1.165) is 48.8 Å². The highest BCUT2D eigenvalue weighted by atomic mass is 35.5. The maximum Gasteiger partial charge on any atom is 0.339 e. The van der Waals surface area contributed by atoms with Gasteiger partial charge in [-0.1, -0.05) is 41.4 Å². The van der Waals surface area contributed by atoms with Gasteiger partial charge in [0, 0.05) is 34.9 Å². The number of halogens is 2. The minimum absolute atomic E-state index is 0.247. The molecule has 1 N–H and O–H groups in total. The Hall–Kier alpha value is -2.30. The van der Waals surface area contributed by atoms with E-state index in [0.29, 0.717) is 27.8 Å². The van der Waals surface area contributed by atoms with Gasteiger partial charge in [-0.3, -0.25) is 0 Å². The highest BCUT2D eigenvalue weighted by Gasteiger charge is 2.26. The standard InChI is InChI=1S/C22H20Cl2N2O2/c23-15-8-9-19-16(13-15)17(12-14-6-2-3-7-18(14)24)20(22(27)28)21(25-19)26-10-4-1-5-11-26/h2-3,6-9,13H,1,4-5,10-12H2,(H,27,28). The summed E-state index contributed by atoms with van der Waals surface area (Å²) in [6.07, 6.45) is 3.65. The Morgan fingerprint density at radius 3 is 2.54 bits per heavy atom. The molecule has 0 spiro atoms. The van der Waals surface area contributed by atoms with E-state index >= 15 is 0 Å². The summed E-state index contributed by atoms with van der Waals surface area (Å²) in [6.45, 7) is 1.63. The Bertz CT molecular complexity index is 1050. The van der Waals surface area contributed by atoms with Crippen LogP contribution in [0.25, 0.3) is 10.9 Å². The lowest BCUT2D eigenvalue weighted by molar-refractivity contribution is 0.0696. The van der Waals surface area contributed by atoms with E-state index < -0.39 is 5.97 Å². The number of hydrogen-bond acceptors (Lipinski definition) is 3. The molecular weight excluding hydrogens is 395 g/mol. The molecule has 0 unspecified atom stereocenters. The van der Waals surface area contributed by atoms with Crippen LogP contribution in [0.3, 0.4) is 0 Å². The van der Waals surface area contributed by atoms with Crippen molar-refractivity contribution in [3.05, 3.63) is 69.2 Å². The van der Waals surface area contributed by atoms with Gasteiger partial charge in [0.25, 0.3) is 0 Å². The number of anilines is 1. The molecule has 0 amide bonds. The van der Waals surface area contributed by atoms with E-state index in [1.165, 1.54) is 0 Å². The average molecular weight is 415 g/mol. The third-order valence-corrected chi connectivity index (χ3v) is 5.83. The van der Waals surface area contributed by atoms with E-state index in [1.54, 1.807) is 12.1 Å². The maximum atomic E-state index is 12.4. The molecule has 0 radical (unpaired) electrons. The van der Waals surface area contributed by atoms with E-state index in [-0.39, 0.29) is 5.56 Å². The molecule has 1 aromatic heterocycles. The van der Waals surface area contributed by atoms with Crippen LogP contribution in [-0.2, 0) is 6.42 Å². The van der Waals surface area contributed by atoms with Crippen LogP contribution < -0.4 is 4.90 Å². The van der Waals surface area contributed by atoms with E-state index in [1.807, 2.05) is 30.3 Å². The maximum absolute atomic E-state index is 12.4. The third-order valence-electron chi connectivity index (χ3n) is 5.23. The molecule has 28 heavy (non-hydrogen) atoms. The number of nitrogens with zero attached hydrogens (tertiary/aromatic N) is 2. The number of carboxylic acid groups (broad SMARTS) is 1. The van der Waals surface area contributed by atoms with Crippen LogP contribution in [0.15, 0.2) is 42.5 Å². The lowest BCUT2D eigenvalue weighted by atomic mass is 9.95. The second kappa shape index (κ2) is 7.98. The lowest BCUT2D eigenvalue weighted by Crippen LogP contribution is -2.32. The summed E-state index contributed by atoms with van der Waals surface area (Å²) in [5.41, 5.74) is 2.58. The number of aromatic carboxylic acids is 1. The van der Waals surface area contributed by atoms with Crippen molar-refractivity contribution in [3.63, 3.8) is 0 Å². The summed E-state index contributed by atoms with van der Waals surface area (Å²) in [4.78, 5) is 19.2. The van der Waals surface area contributed by atoms with Gasteiger partial charge in [-0.25, -0.2) is 9.78 Å². The summed E-state index contributed by atoms with van der Waals surface area (Å²) in [7, 11) is 0. The van der Waals surface area contributed by atoms with Crippen molar-refractivity contribution in [2.45, 2.75) is 25.7 Å². The zero-order valence-electron chi connectivity index (χ0n) is 15.3. The molecule has 2 aromatic carbocycles. The Labute approximate surface area is 173 Å². The minimum Gasteiger partial charge on any atom is -0.478 e. The summed E-state index contributed by atoms with van der Waals surface area (Å²) >= 11 is 12.6. The molecule has 0 saturated carbocycles. The van der Waals surface area contributed by atoms with Crippen LogP contribution in [0, 0.1) is 0 Å². The average Bonchev–Trinajstić information content (AvgIpc) is 2.70. The Morgan fingerprint density at radius 1 is 1.07 bits per heavy atom. The summed E-state index contributed by atoms with van der Waals surface area (Å²) in [5, 5.41) is 12.0. The fourth-order valence-electron chi connectivity index (χ4n) is 3.86. The number of rotatable bonds is 4. The summed E-state index contributed by atoms with van der Waals surface area (Å²) in [6, 6.07) is 12.9. The van der Waals surface area contributed by atoms with Crippen LogP contribution in [0.5, 0.6) is 0 Å². The molecule has 6 heteroatoms. The van der Waals surface area contributed by atoms with Crippen LogP contribution in [-0.4, -0.2) is 29.1 Å². The molecule has 144 valence electrons. The number of pyridine rings is 1. The molecule has 4 rings (SSSR count). The molecule has 2 heterocycles. The van der Waals surface area contributed by atoms with Crippen molar-refractivity contribution in [1.82, 2.24) is 4.98 Å². The summed E-state index contributed by atoms with van der Waals surface area (Å²) < 4.78 is 0. The second-order valence-electron chi connectivity index (χ2n) is 7.07. The number of piperidine rings is 1. The molecule has 1 fully saturated rings. The first-order chi connectivity index (χ1) is 13.5. The highest BCUT2D eigenvalue weighted by Crippen LogP contribution is 2.34. The van der Waals surface area contributed by atoms with E-state index in [9.17, 15) is 9.90 Å². The summed E-state index contributed by atoms with van der Waals surface area (Å²) in [5.74, 6) is -0.430.